The molecule has 0 fully saturated rings. The SMILES string of the molecule is CC(NC(=O)c1cccc(Br)c1)c1cn[nH]c1. The van der Waals surface area contributed by atoms with Gasteiger partial charge in [0.25, 0.3) is 5.91 Å². The summed E-state index contributed by atoms with van der Waals surface area (Å²) in [6.07, 6.45) is 3.47. The molecule has 0 bridgehead atoms. The Balaban J connectivity index is 2.07. The molecule has 0 aliphatic rings. The van der Waals surface area contributed by atoms with Crippen molar-refractivity contribution in [3.05, 3.63) is 52.3 Å². The number of hydrogen-bond donors (Lipinski definition) is 2. The van der Waals surface area contributed by atoms with Gasteiger partial charge in [0.1, 0.15) is 0 Å². The largest absolute Gasteiger partial charge is 0.345 e. The number of halogens is 1. The standard InChI is InChI=1S/C12H12BrN3O/c1-8(10-6-14-15-7-10)16-12(17)9-3-2-4-11(13)5-9/h2-8H,1H3,(H,14,15)(H,16,17). The number of hydrogen-bond acceptors (Lipinski definition) is 2. The van der Waals surface area contributed by atoms with E-state index < -0.39 is 0 Å². The molecular weight excluding hydrogens is 282 g/mol. The van der Waals surface area contributed by atoms with Crippen LogP contribution in [0.3, 0.4) is 0 Å². The van der Waals surface area contributed by atoms with Crippen molar-refractivity contribution in [2.45, 2.75) is 13.0 Å². The molecule has 4 nitrogen and oxygen atoms in total. The van der Waals surface area contributed by atoms with Gasteiger partial charge in [0.05, 0.1) is 12.2 Å². The van der Waals surface area contributed by atoms with Gasteiger partial charge < -0.3 is 5.32 Å². The van der Waals surface area contributed by atoms with Crippen molar-refractivity contribution < 1.29 is 4.79 Å². The molecule has 2 rings (SSSR count). The van der Waals surface area contributed by atoms with Gasteiger partial charge in [-0.25, -0.2) is 0 Å². The van der Waals surface area contributed by atoms with E-state index in [1.165, 1.54) is 0 Å². The molecule has 1 atom stereocenters. The first-order valence-corrected chi connectivity index (χ1v) is 6.01. The van der Waals surface area contributed by atoms with Crippen molar-refractivity contribution in [3.8, 4) is 0 Å². The van der Waals surface area contributed by atoms with E-state index in [-0.39, 0.29) is 11.9 Å². The number of H-pyrrole nitrogens is 1. The third-order valence-corrected chi connectivity index (χ3v) is 2.95. The first-order valence-electron chi connectivity index (χ1n) is 5.22. The lowest BCUT2D eigenvalue weighted by molar-refractivity contribution is 0.0940. The molecular formula is C12H12BrN3O. The Labute approximate surface area is 108 Å². The van der Waals surface area contributed by atoms with Crippen molar-refractivity contribution in [1.82, 2.24) is 15.5 Å². The van der Waals surface area contributed by atoms with E-state index in [1.807, 2.05) is 19.1 Å². The zero-order valence-electron chi connectivity index (χ0n) is 9.27. The minimum absolute atomic E-state index is 0.0692. The maximum Gasteiger partial charge on any atom is 0.251 e. The summed E-state index contributed by atoms with van der Waals surface area (Å²) in [5.41, 5.74) is 1.59. The number of nitrogens with one attached hydrogen (secondary N) is 2. The molecule has 2 aromatic rings. The highest BCUT2D eigenvalue weighted by Gasteiger charge is 2.11. The number of carbonyl (C=O) groups is 1. The Morgan fingerprint density at radius 3 is 3.00 bits per heavy atom. The van der Waals surface area contributed by atoms with E-state index >= 15 is 0 Å². The molecule has 1 aromatic heterocycles. The first kappa shape index (κ1) is 11.9. The van der Waals surface area contributed by atoms with E-state index in [2.05, 4.69) is 31.4 Å². The fourth-order valence-electron chi connectivity index (χ4n) is 1.49. The number of aromatic nitrogens is 2. The van der Waals surface area contributed by atoms with Crippen molar-refractivity contribution in [3.63, 3.8) is 0 Å². The number of rotatable bonds is 3. The number of carbonyl (C=O) groups excluding carboxylic acids is 1. The van der Waals surface area contributed by atoms with Gasteiger partial charge in [-0.3, -0.25) is 9.89 Å². The Morgan fingerprint density at radius 2 is 2.35 bits per heavy atom. The Hall–Kier alpha value is -1.62. The van der Waals surface area contributed by atoms with E-state index in [1.54, 1.807) is 24.5 Å². The second-order valence-corrected chi connectivity index (χ2v) is 4.65. The maximum absolute atomic E-state index is 11.9. The van der Waals surface area contributed by atoms with Crippen LogP contribution in [-0.4, -0.2) is 16.1 Å². The summed E-state index contributed by atoms with van der Waals surface area (Å²) in [6, 6.07) is 7.22. The fraction of sp³-hybridized carbons (Fsp3) is 0.167. The Morgan fingerprint density at radius 1 is 1.53 bits per heavy atom. The van der Waals surface area contributed by atoms with Crippen molar-refractivity contribution in [2.24, 2.45) is 0 Å². The molecule has 0 radical (unpaired) electrons. The smallest absolute Gasteiger partial charge is 0.251 e. The summed E-state index contributed by atoms with van der Waals surface area (Å²) in [5, 5.41) is 9.48. The minimum Gasteiger partial charge on any atom is -0.345 e. The second-order valence-electron chi connectivity index (χ2n) is 3.74. The molecule has 5 heteroatoms. The van der Waals surface area contributed by atoms with Crippen LogP contribution in [0.2, 0.25) is 0 Å². The molecule has 1 aromatic carbocycles. The molecule has 0 aliphatic heterocycles. The van der Waals surface area contributed by atoms with Crippen LogP contribution in [0.15, 0.2) is 41.1 Å². The van der Waals surface area contributed by atoms with Crippen LogP contribution in [0, 0.1) is 0 Å². The third kappa shape index (κ3) is 2.94. The number of nitrogens with zero attached hydrogens (tertiary/aromatic N) is 1. The van der Waals surface area contributed by atoms with Gasteiger partial charge in [-0.1, -0.05) is 22.0 Å². The zero-order valence-corrected chi connectivity index (χ0v) is 10.9. The molecule has 0 saturated carbocycles. The predicted octanol–water partition coefficient (Wildman–Crippen LogP) is 2.66. The van der Waals surface area contributed by atoms with Crippen molar-refractivity contribution in [2.75, 3.05) is 0 Å². The van der Waals surface area contributed by atoms with Crippen LogP contribution in [0.4, 0.5) is 0 Å². The molecule has 0 saturated heterocycles. The molecule has 1 unspecified atom stereocenters. The molecule has 1 amide bonds. The summed E-state index contributed by atoms with van der Waals surface area (Å²) in [7, 11) is 0. The summed E-state index contributed by atoms with van der Waals surface area (Å²) < 4.78 is 0.890. The average Bonchev–Trinajstić information content (AvgIpc) is 2.82. The number of amides is 1. The topological polar surface area (TPSA) is 57.8 Å². The lowest BCUT2D eigenvalue weighted by Crippen LogP contribution is -2.26. The summed E-state index contributed by atoms with van der Waals surface area (Å²) >= 11 is 3.34. The van der Waals surface area contributed by atoms with Crippen LogP contribution < -0.4 is 5.32 Å². The number of benzene rings is 1. The van der Waals surface area contributed by atoms with Gasteiger partial charge in [-0.2, -0.15) is 5.10 Å². The predicted molar refractivity (Wildman–Crippen MR) is 68.6 cm³/mol. The summed E-state index contributed by atoms with van der Waals surface area (Å²) in [5.74, 6) is -0.0972. The van der Waals surface area contributed by atoms with E-state index in [4.69, 9.17) is 0 Å². The van der Waals surface area contributed by atoms with E-state index in [9.17, 15) is 4.79 Å². The minimum atomic E-state index is -0.0972. The highest BCUT2D eigenvalue weighted by molar-refractivity contribution is 9.10. The van der Waals surface area contributed by atoms with Crippen LogP contribution in [0.5, 0.6) is 0 Å². The highest BCUT2D eigenvalue weighted by atomic mass is 79.9. The van der Waals surface area contributed by atoms with Gasteiger partial charge in [-0.15, -0.1) is 0 Å². The second kappa shape index (κ2) is 5.14. The van der Waals surface area contributed by atoms with Gasteiger partial charge in [-0.05, 0) is 25.1 Å². The van der Waals surface area contributed by atoms with Crippen LogP contribution in [0.25, 0.3) is 0 Å². The Bertz CT molecular complexity index is 510. The Kier molecular flexibility index (Phi) is 3.58. The van der Waals surface area contributed by atoms with Crippen molar-refractivity contribution >= 4 is 21.8 Å². The lowest BCUT2D eigenvalue weighted by Gasteiger charge is -2.12. The molecule has 2 N–H and O–H groups in total. The average molecular weight is 294 g/mol. The number of aromatic amines is 1. The van der Waals surface area contributed by atoms with Crippen LogP contribution in [-0.2, 0) is 0 Å². The normalized spacial score (nSPS) is 12.1. The van der Waals surface area contributed by atoms with Gasteiger partial charge in [0, 0.05) is 21.8 Å². The zero-order chi connectivity index (χ0) is 12.3. The summed E-state index contributed by atoms with van der Waals surface area (Å²) in [6.45, 7) is 1.92. The quantitative estimate of drug-likeness (QED) is 0.914. The molecule has 0 aliphatic carbocycles. The van der Waals surface area contributed by atoms with E-state index in [0.717, 1.165) is 10.0 Å². The maximum atomic E-state index is 11.9. The molecule has 17 heavy (non-hydrogen) atoms. The molecule has 0 spiro atoms. The van der Waals surface area contributed by atoms with E-state index in [0.29, 0.717) is 5.56 Å². The van der Waals surface area contributed by atoms with Gasteiger partial charge in [0.15, 0.2) is 0 Å². The van der Waals surface area contributed by atoms with Gasteiger partial charge in [0.2, 0.25) is 0 Å². The lowest BCUT2D eigenvalue weighted by atomic mass is 10.1. The molecule has 88 valence electrons. The third-order valence-electron chi connectivity index (χ3n) is 2.45. The van der Waals surface area contributed by atoms with Crippen LogP contribution in [0.1, 0.15) is 28.9 Å². The fourth-order valence-corrected chi connectivity index (χ4v) is 1.89. The van der Waals surface area contributed by atoms with Crippen LogP contribution >= 0.6 is 15.9 Å². The van der Waals surface area contributed by atoms with Gasteiger partial charge >= 0.3 is 0 Å². The summed E-state index contributed by atoms with van der Waals surface area (Å²) in [4.78, 5) is 11.9. The monoisotopic (exact) mass is 293 g/mol. The first-order chi connectivity index (χ1) is 8.16. The molecule has 1 heterocycles. The highest BCUT2D eigenvalue weighted by Crippen LogP contribution is 2.14. The van der Waals surface area contributed by atoms with Crippen molar-refractivity contribution in [1.29, 1.82) is 0 Å².